The van der Waals surface area contributed by atoms with E-state index in [2.05, 4.69) is 9.46 Å². The van der Waals surface area contributed by atoms with Gasteiger partial charge in [0, 0.05) is 12.0 Å². The topological polar surface area (TPSA) is 123 Å². The molecule has 2 N–H and O–H groups in total. The van der Waals surface area contributed by atoms with Crippen molar-refractivity contribution in [1.82, 2.24) is 4.72 Å². The highest BCUT2D eigenvalue weighted by molar-refractivity contribution is 7.89. The van der Waals surface area contributed by atoms with Crippen molar-refractivity contribution in [2.75, 3.05) is 7.11 Å². The molecule has 1 heterocycles. The van der Waals surface area contributed by atoms with Crippen LogP contribution in [0.25, 0.3) is 0 Å². The quantitative estimate of drug-likeness (QED) is 0.718. The Bertz CT molecular complexity index is 630. The molecule has 0 saturated carbocycles. The maximum Gasteiger partial charge on any atom is 0.374 e. The molecule has 0 radical (unpaired) electrons. The Balaban J connectivity index is 2.88. The van der Waals surface area contributed by atoms with Gasteiger partial charge in [0.2, 0.25) is 10.9 Å². The zero-order valence-corrected chi connectivity index (χ0v) is 12.7. The molecule has 0 aliphatic rings. The molecule has 0 spiro atoms. The van der Waals surface area contributed by atoms with Gasteiger partial charge in [-0.3, -0.25) is 4.79 Å². The molecule has 0 aromatic carbocycles. The van der Waals surface area contributed by atoms with Crippen LogP contribution in [0, 0.1) is 0 Å². The average molecular weight is 319 g/mol. The normalized spacial score (nSPS) is 12.1. The van der Waals surface area contributed by atoms with Gasteiger partial charge >= 0.3 is 11.9 Å². The maximum absolute atomic E-state index is 12.1. The molecule has 8 nitrogen and oxygen atoms in total. The second-order valence-corrected chi connectivity index (χ2v) is 6.61. The first-order valence-corrected chi connectivity index (χ1v) is 7.50. The predicted molar refractivity (Wildman–Crippen MR) is 71.3 cm³/mol. The van der Waals surface area contributed by atoms with Gasteiger partial charge in [-0.05, 0) is 32.4 Å². The van der Waals surface area contributed by atoms with Crippen LogP contribution >= 0.6 is 0 Å². The third-order valence-electron chi connectivity index (χ3n) is 2.61. The Morgan fingerprint density at radius 3 is 2.52 bits per heavy atom. The summed E-state index contributed by atoms with van der Waals surface area (Å²) in [6, 6.07) is 2.31. The Morgan fingerprint density at radius 1 is 1.38 bits per heavy atom. The molecule has 1 aromatic heterocycles. The van der Waals surface area contributed by atoms with E-state index in [0.717, 1.165) is 13.2 Å². The van der Waals surface area contributed by atoms with E-state index in [9.17, 15) is 18.0 Å². The fraction of sp³-hybridized carbons (Fsp3) is 0.500. The van der Waals surface area contributed by atoms with E-state index in [-0.39, 0.29) is 18.6 Å². The second-order valence-electron chi connectivity index (χ2n) is 4.99. The zero-order chi connectivity index (χ0) is 16.3. The smallest absolute Gasteiger partial charge is 0.374 e. The summed E-state index contributed by atoms with van der Waals surface area (Å²) in [5, 5.41) is 8.20. The predicted octanol–water partition coefficient (Wildman–Crippen LogP) is 0.988. The summed E-state index contributed by atoms with van der Waals surface area (Å²) in [6.45, 7) is 3.11. The van der Waals surface area contributed by atoms with Crippen LogP contribution in [-0.2, 0) is 19.6 Å². The van der Waals surface area contributed by atoms with Crippen LogP contribution in [-0.4, -0.2) is 38.1 Å². The Labute approximate surface area is 122 Å². The van der Waals surface area contributed by atoms with E-state index in [1.165, 1.54) is 6.07 Å². The number of sulfonamides is 1. The molecule has 0 aliphatic carbocycles. The molecule has 0 saturated heterocycles. The van der Waals surface area contributed by atoms with Crippen molar-refractivity contribution >= 4 is 22.0 Å². The molecule has 0 bridgehead atoms. The lowest BCUT2D eigenvalue weighted by Crippen LogP contribution is -2.43. The van der Waals surface area contributed by atoms with Crippen LogP contribution < -0.4 is 4.72 Å². The highest BCUT2D eigenvalue weighted by Crippen LogP contribution is 2.19. The number of nitrogens with one attached hydrogen (secondary N) is 1. The van der Waals surface area contributed by atoms with Crippen LogP contribution in [0.15, 0.2) is 21.6 Å². The molecule has 118 valence electrons. The van der Waals surface area contributed by atoms with E-state index >= 15 is 0 Å². The number of methoxy groups -OCH3 is 1. The molecule has 0 fully saturated rings. The van der Waals surface area contributed by atoms with Gasteiger partial charge in [0.25, 0.3) is 10.0 Å². The first kappa shape index (κ1) is 17.2. The standard InChI is InChI=1S/C12H17NO7S/c1-12(2,7-6-9(14)15)13-21(17,18)10-5-4-8(20-10)11(16)19-3/h4-5,13H,6-7H2,1-3H3,(H,14,15). The first-order valence-electron chi connectivity index (χ1n) is 6.01. The summed E-state index contributed by atoms with van der Waals surface area (Å²) in [5.41, 5.74) is -0.977. The number of hydrogen-bond acceptors (Lipinski definition) is 6. The minimum atomic E-state index is -4.00. The van der Waals surface area contributed by atoms with Crippen molar-refractivity contribution < 1.29 is 32.3 Å². The van der Waals surface area contributed by atoms with Gasteiger partial charge in [0.1, 0.15) is 0 Å². The SMILES string of the molecule is COC(=O)c1ccc(S(=O)(=O)NC(C)(C)CCC(=O)O)o1. The second kappa shape index (κ2) is 6.27. The van der Waals surface area contributed by atoms with E-state index in [1.54, 1.807) is 13.8 Å². The fourth-order valence-corrected chi connectivity index (χ4v) is 2.94. The minimum Gasteiger partial charge on any atom is -0.481 e. The van der Waals surface area contributed by atoms with Crippen LogP contribution in [0.2, 0.25) is 0 Å². The largest absolute Gasteiger partial charge is 0.481 e. The van der Waals surface area contributed by atoms with Gasteiger partial charge in [0.15, 0.2) is 0 Å². The summed E-state index contributed by atoms with van der Waals surface area (Å²) < 4.78 is 35.9. The third kappa shape index (κ3) is 4.87. The molecule has 1 rings (SSSR count). The van der Waals surface area contributed by atoms with Crippen LogP contribution in [0.1, 0.15) is 37.2 Å². The number of hydrogen-bond donors (Lipinski definition) is 2. The number of carbonyl (C=O) groups is 2. The van der Waals surface area contributed by atoms with Gasteiger partial charge in [0.05, 0.1) is 7.11 Å². The van der Waals surface area contributed by atoms with E-state index in [4.69, 9.17) is 9.52 Å². The Kier molecular flexibility index (Phi) is 5.13. The highest BCUT2D eigenvalue weighted by atomic mass is 32.2. The molecule has 21 heavy (non-hydrogen) atoms. The third-order valence-corrected chi connectivity index (χ3v) is 4.18. The number of carboxylic acid groups (broad SMARTS) is 1. The number of esters is 1. The van der Waals surface area contributed by atoms with Crippen molar-refractivity contribution in [3.63, 3.8) is 0 Å². The average Bonchev–Trinajstić information content (AvgIpc) is 2.85. The summed E-state index contributed by atoms with van der Waals surface area (Å²) >= 11 is 0. The van der Waals surface area contributed by atoms with Gasteiger partial charge in [-0.2, -0.15) is 0 Å². The Morgan fingerprint density at radius 2 is 2.00 bits per heavy atom. The van der Waals surface area contributed by atoms with Crippen molar-refractivity contribution in [3.8, 4) is 0 Å². The molecular formula is C12H17NO7S. The number of aliphatic carboxylic acids is 1. The number of carboxylic acids is 1. The van der Waals surface area contributed by atoms with Gasteiger partial charge < -0.3 is 14.3 Å². The first-order chi connectivity index (χ1) is 9.57. The van der Waals surface area contributed by atoms with Gasteiger partial charge in [-0.15, -0.1) is 0 Å². The Hall–Kier alpha value is -1.87. The molecule has 0 aliphatic heterocycles. The minimum absolute atomic E-state index is 0.103. The van der Waals surface area contributed by atoms with Gasteiger partial charge in [-0.1, -0.05) is 0 Å². The number of rotatable bonds is 7. The maximum atomic E-state index is 12.1. The lowest BCUT2D eigenvalue weighted by molar-refractivity contribution is -0.137. The molecular weight excluding hydrogens is 302 g/mol. The van der Waals surface area contributed by atoms with Crippen LogP contribution in [0.5, 0.6) is 0 Å². The van der Waals surface area contributed by atoms with E-state index < -0.39 is 32.6 Å². The molecule has 0 atom stereocenters. The zero-order valence-electron chi connectivity index (χ0n) is 11.9. The summed E-state index contributed by atoms with van der Waals surface area (Å²) in [5.74, 6) is -2.05. The summed E-state index contributed by atoms with van der Waals surface area (Å²) in [4.78, 5) is 21.8. The van der Waals surface area contributed by atoms with Crippen LogP contribution in [0.3, 0.4) is 0 Å². The monoisotopic (exact) mass is 319 g/mol. The molecule has 1 aromatic rings. The van der Waals surface area contributed by atoms with Crippen molar-refractivity contribution in [2.24, 2.45) is 0 Å². The molecule has 9 heteroatoms. The highest BCUT2D eigenvalue weighted by Gasteiger charge is 2.29. The van der Waals surface area contributed by atoms with E-state index in [1.807, 2.05) is 0 Å². The summed E-state index contributed by atoms with van der Waals surface area (Å²) in [6.07, 6.45) is -0.0762. The number of ether oxygens (including phenoxy) is 1. The number of carbonyl (C=O) groups excluding carboxylic acids is 1. The van der Waals surface area contributed by atoms with Crippen LogP contribution in [0.4, 0.5) is 0 Å². The summed E-state index contributed by atoms with van der Waals surface area (Å²) in [7, 11) is -2.86. The molecule has 0 unspecified atom stereocenters. The van der Waals surface area contributed by atoms with E-state index in [0.29, 0.717) is 0 Å². The van der Waals surface area contributed by atoms with Crippen molar-refractivity contribution in [1.29, 1.82) is 0 Å². The van der Waals surface area contributed by atoms with Gasteiger partial charge in [-0.25, -0.2) is 17.9 Å². The lowest BCUT2D eigenvalue weighted by atomic mass is 10.0. The fourth-order valence-electron chi connectivity index (χ4n) is 1.56. The molecule has 0 amide bonds. The van der Waals surface area contributed by atoms with Crippen molar-refractivity contribution in [2.45, 2.75) is 37.3 Å². The lowest BCUT2D eigenvalue weighted by Gasteiger charge is -2.24. The van der Waals surface area contributed by atoms with Crippen molar-refractivity contribution in [3.05, 3.63) is 17.9 Å². The number of furan rings is 1.